The topological polar surface area (TPSA) is 62.6 Å². The minimum atomic E-state index is -3.54. The van der Waals surface area contributed by atoms with E-state index >= 15 is 0 Å². The van der Waals surface area contributed by atoms with Crippen molar-refractivity contribution < 1.29 is 12.8 Å². The van der Waals surface area contributed by atoms with Gasteiger partial charge in [-0.3, -0.25) is 4.72 Å². The number of hydrogen-bond donors (Lipinski definition) is 1. The monoisotopic (exact) mass is 392 g/mol. The maximum Gasteiger partial charge on any atom is 0.239 e. The van der Waals surface area contributed by atoms with Gasteiger partial charge in [0, 0.05) is 10.9 Å². The third kappa shape index (κ3) is 4.32. The summed E-state index contributed by atoms with van der Waals surface area (Å²) in [7, 11) is -3.54. The Kier molecular flexibility index (Phi) is 5.87. The van der Waals surface area contributed by atoms with Gasteiger partial charge in [0.2, 0.25) is 15.9 Å². The molecule has 1 aliphatic heterocycles. The van der Waals surface area contributed by atoms with Crippen molar-refractivity contribution in [2.75, 3.05) is 24.4 Å². The van der Waals surface area contributed by atoms with E-state index in [1.165, 1.54) is 12.8 Å². The second-order valence-corrected chi connectivity index (χ2v) is 11.0. The lowest BCUT2D eigenvalue weighted by Crippen LogP contribution is -2.35. The quantitative estimate of drug-likeness (QED) is 0.755. The number of hydrogen-bond acceptors (Lipinski definition) is 4. The van der Waals surface area contributed by atoms with Crippen molar-refractivity contribution >= 4 is 26.9 Å². The number of likely N-dealkylation sites (tertiary alicyclic amines) is 1. The molecule has 0 saturated carbocycles. The van der Waals surface area contributed by atoms with Gasteiger partial charge in [-0.2, -0.15) is 0 Å². The molecule has 0 radical (unpaired) electrons. The molecule has 27 heavy (non-hydrogen) atoms. The predicted molar refractivity (Wildman–Crippen MR) is 112 cm³/mol. The number of sulfonamides is 1. The zero-order chi connectivity index (χ0) is 19.7. The van der Waals surface area contributed by atoms with Gasteiger partial charge in [-0.05, 0) is 71.7 Å². The molecule has 6 heteroatoms. The van der Waals surface area contributed by atoms with E-state index in [9.17, 15) is 8.42 Å². The van der Waals surface area contributed by atoms with Gasteiger partial charge in [0.25, 0.3) is 0 Å². The SMILES string of the molecule is CCCCN1CCC(c2c(NS(=O)(=O)C(C)(C)C)oc3ccccc23)CC1. The Bertz CT molecular complexity index is 872. The van der Waals surface area contributed by atoms with Gasteiger partial charge >= 0.3 is 0 Å². The fourth-order valence-corrected chi connectivity index (χ4v) is 4.35. The Hall–Kier alpha value is -1.53. The van der Waals surface area contributed by atoms with Crippen LogP contribution in [0.2, 0.25) is 0 Å². The molecule has 150 valence electrons. The van der Waals surface area contributed by atoms with Crippen LogP contribution in [0.4, 0.5) is 5.88 Å². The number of unbranched alkanes of at least 4 members (excludes halogenated alkanes) is 1. The largest absolute Gasteiger partial charge is 0.439 e. The molecule has 2 heterocycles. The van der Waals surface area contributed by atoms with E-state index in [-0.39, 0.29) is 0 Å². The molecule has 1 saturated heterocycles. The molecule has 1 aromatic heterocycles. The standard InChI is InChI=1S/C21H32N2O3S/c1-5-6-13-23-14-11-16(12-15-23)19-17-9-7-8-10-18(17)26-20(19)22-27(24,25)21(2,3)4/h7-10,16,22H,5-6,11-15H2,1-4H3. The maximum absolute atomic E-state index is 12.7. The van der Waals surface area contributed by atoms with E-state index in [0.29, 0.717) is 11.8 Å². The van der Waals surface area contributed by atoms with Gasteiger partial charge in [0.15, 0.2) is 0 Å². The van der Waals surface area contributed by atoms with Crippen LogP contribution in [0.1, 0.15) is 64.9 Å². The van der Waals surface area contributed by atoms with Gasteiger partial charge in [0.1, 0.15) is 5.58 Å². The van der Waals surface area contributed by atoms with E-state index in [1.54, 1.807) is 20.8 Å². The summed E-state index contributed by atoms with van der Waals surface area (Å²) < 4.78 is 33.3. The zero-order valence-corrected chi connectivity index (χ0v) is 17.7. The number of para-hydroxylation sites is 1. The highest BCUT2D eigenvalue weighted by Crippen LogP contribution is 2.41. The molecular weight excluding hydrogens is 360 g/mol. The third-order valence-corrected chi connectivity index (χ3v) is 7.56. The Morgan fingerprint density at radius 1 is 1.19 bits per heavy atom. The van der Waals surface area contributed by atoms with E-state index < -0.39 is 14.8 Å². The van der Waals surface area contributed by atoms with Crippen LogP contribution >= 0.6 is 0 Å². The molecule has 1 N–H and O–H groups in total. The summed E-state index contributed by atoms with van der Waals surface area (Å²) in [6.07, 6.45) is 4.50. The minimum Gasteiger partial charge on any atom is -0.439 e. The van der Waals surface area contributed by atoms with Crippen molar-refractivity contribution in [1.82, 2.24) is 4.90 Å². The Morgan fingerprint density at radius 2 is 1.85 bits per heavy atom. The summed E-state index contributed by atoms with van der Waals surface area (Å²) in [6, 6.07) is 7.85. The van der Waals surface area contributed by atoms with Crippen molar-refractivity contribution in [3.63, 3.8) is 0 Å². The summed E-state index contributed by atoms with van der Waals surface area (Å²) in [5, 5.41) is 1.02. The first-order valence-corrected chi connectivity index (χ1v) is 11.5. The normalized spacial score (nSPS) is 17.5. The fraction of sp³-hybridized carbons (Fsp3) is 0.619. The van der Waals surface area contributed by atoms with Crippen molar-refractivity contribution in [3.8, 4) is 0 Å². The molecule has 0 spiro atoms. The Morgan fingerprint density at radius 3 is 2.48 bits per heavy atom. The van der Waals surface area contributed by atoms with Crippen LogP contribution in [0, 0.1) is 0 Å². The number of fused-ring (bicyclic) bond motifs is 1. The number of piperidine rings is 1. The van der Waals surface area contributed by atoms with E-state index in [0.717, 1.165) is 49.0 Å². The first-order chi connectivity index (χ1) is 12.7. The summed E-state index contributed by atoms with van der Waals surface area (Å²) in [4.78, 5) is 2.52. The predicted octanol–water partition coefficient (Wildman–Crippen LogP) is 4.95. The molecule has 1 aromatic carbocycles. The van der Waals surface area contributed by atoms with Crippen molar-refractivity contribution in [3.05, 3.63) is 29.8 Å². The first-order valence-electron chi connectivity index (χ1n) is 9.99. The lowest BCUT2D eigenvalue weighted by Gasteiger charge is -2.32. The summed E-state index contributed by atoms with van der Waals surface area (Å²) in [5.41, 5.74) is 1.76. The molecule has 2 aromatic rings. The van der Waals surface area contributed by atoms with Crippen LogP contribution < -0.4 is 4.72 Å². The molecular formula is C21H32N2O3S. The Balaban J connectivity index is 1.90. The zero-order valence-electron chi connectivity index (χ0n) is 16.9. The van der Waals surface area contributed by atoms with E-state index in [1.807, 2.05) is 24.3 Å². The number of nitrogens with zero attached hydrogens (tertiary/aromatic N) is 1. The molecule has 0 amide bonds. The van der Waals surface area contributed by atoms with Gasteiger partial charge in [-0.25, -0.2) is 8.42 Å². The second-order valence-electron chi connectivity index (χ2n) is 8.53. The maximum atomic E-state index is 12.7. The summed E-state index contributed by atoms with van der Waals surface area (Å²) in [5.74, 6) is 0.710. The number of nitrogens with one attached hydrogen (secondary N) is 1. The summed E-state index contributed by atoms with van der Waals surface area (Å²) >= 11 is 0. The van der Waals surface area contributed by atoms with Crippen molar-refractivity contribution in [2.24, 2.45) is 0 Å². The van der Waals surface area contributed by atoms with Gasteiger partial charge < -0.3 is 9.32 Å². The number of rotatable bonds is 6. The highest BCUT2D eigenvalue weighted by Gasteiger charge is 2.33. The van der Waals surface area contributed by atoms with Crippen LogP contribution in [0.5, 0.6) is 0 Å². The lowest BCUT2D eigenvalue weighted by molar-refractivity contribution is 0.210. The second kappa shape index (κ2) is 7.84. The van der Waals surface area contributed by atoms with Gasteiger partial charge in [-0.1, -0.05) is 31.5 Å². The van der Waals surface area contributed by atoms with Crippen LogP contribution in [0.25, 0.3) is 11.0 Å². The average Bonchev–Trinajstić information content (AvgIpc) is 2.96. The number of anilines is 1. The highest BCUT2D eigenvalue weighted by molar-refractivity contribution is 7.94. The van der Waals surface area contributed by atoms with Crippen LogP contribution in [-0.4, -0.2) is 37.7 Å². The number of benzene rings is 1. The highest BCUT2D eigenvalue weighted by atomic mass is 32.2. The Labute approximate surface area is 163 Å². The molecule has 3 rings (SSSR count). The molecule has 0 unspecified atom stereocenters. The fourth-order valence-electron chi connectivity index (χ4n) is 3.65. The van der Waals surface area contributed by atoms with Crippen molar-refractivity contribution in [1.29, 1.82) is 0 Å². The van der Waals surface area contributed by atoms with Gasteiger partial charge in [0.05, 0.1) is 4.75 Å². The molecule has 0 aliphatic carbocycles. The van der Waals surface area contributed by atoms with E-state index in [2.05, 4.69) is 16.5 Å². The first kappa shape index (κ1) is 20.2. The minimum absolute atomic E-state index is 0.309. The molecule has 0 atom stereocenters. The van der Waals surface area contributed by atoms with Crippen molar-refractivity contribution in [2.45, 2.75) is 64.0 Å². The van der Waals surface area contributed by atoms with Crippen LogP contribution in [-0.2, 0) is 10.0 Å². The molecule has 0 bridgehead atoms. The molecule has 1 fully saturated rings. The van der Waals surface area contributed by atoms with Crippen LogP contribution in [0.3, 0.4) is 0 Å². The average molecular weight is 393 g/mol. The summed E-state index contributed by atoms with van der Waals surface area (Å²) in [6.45, 7) is 10.6. The lowest BCUT2D eigenvalue weighted by atomic mass is 9.88. The molecule has 5 nitrogen and oxygen atoms in total. The smallest absolute Gasteiger partial charge is 0.239 e. The van der Waals surface area contributed by atoms with E-state index in [4.69, 9.17) is 4.42 Å². The number of furan rings is 1. The van der Waals surface area contributed by atoms with Crippen LogP contribution in [0.15, 0.2) is 28.7 Å². The van der Waals surface area contributed by atoms with Gasteiger partial charge in [-0.15, -0.1) is 0 Å². The molecule has 1 aliphatic rings. The third-order valence-electron chi connectivity index (χ3n) is 5.49.